The third-order valence-electron chi connectivity index (χ3n) is 6.79. The van der Waals surface area contributed by atoms with Gasteiger partial charge in [0.15, 0.2) is 12.6 Å². The summed E-state index contributed by atoms with van der Waals surface area (Å²) in [6.45, 7) is 5.15. The normalized spacial score (nSPS) is 11.2. The molecule has 0 aliphatic rings. The number of aromatic nitrogens is 1. The Labute approximate surface area is 301 Å². The lowest BCUT2D eigenvalue weighted by Crippen LogP contribution is -2.37. The highest BCUT2D eigenvalue weighted by molar-refractivity contribution is 6.30. The van der Waals surface area contributed by atoms with E-state index in [2.05, 4.69) is 25.7 Å². The van der Waals surface area contributed by atoms with Crippen LogP contribution in [0.5, 0.6) is 11.5 Å². The Bertz CT molecular complexity index is 1990. The maximum absolute atomic E-state index is 13.5. The number of alkyl halides is 3. The second-order valence-corrected chi connectivity index (χ2v) is 12.3. The lowest BCUT2D eigenvalue weighted by Gasteiger charge is -2.19. The van der Waals surface area contributed by atoms with Crippen molar-refractivity contribution in [3.8, 4) is 40.0 Å². The summed E-state index contributed by atoms with van der Waals surface area (Å²) >= 11 is 6.22. The van der Waals surface area contributed by atoms with Crippen LogP contribution in [0.1, 0.15) is 47.1 Å². The summed E-state index contributed by atoms with van der Waals surface area (Å²) in [5, 5.41) is 18.4. The van der Waals surface area contributed by atoms with E-state index in [9.17, 15) is 32.8 Å². The van der Waals surface area contributed by atoms with Crippen molar-refractivity contribution in [2.45, 2.75) is 32.7 Å². The predicted octanol–water partition coefficient (Wildman–Crippen LogP) is 7.33. The van der Waals surface area contributed by atoms with E-state index in [4.69, 9.17) is 25.8 Å². The van der Waals surface area contributed by atoms with Crippen molar-refractivity contribution < 1.29 is 46.5 Å². The Morgan fingerprint density at radius 3 is 2.31 bits per heavy atom. The number of pyridine rings is 1. The standard InChI is InChI=1S/C36H33ClF3N5O7/c1-35(2,3)52-34(48)43-15-14-42-32(46)22-9-7-8-21(16-22)26-18-28(24-13-12-23(37)17-30(24)50-20-49-4)44-31(27(26)19-41)45-33(47)25-10-5-6-11-29(25)51-36(38,39)40/h5-13,16-18H,14-15,20H2,1-4H3,(H,42,46)(H,43,48)(H,44,45,47). The zero-order valence-corrected chi connectivity index (χ0v) is 29.1. The van der Waals surface area contributed by atoms with Crippen molar-refractivity contribution in [2.24, 2.45) is 0 Å². The van der Waals surface area contributed by atoms with E-state index in [1.807, 2.05) is 6.07 Å². The molecule has 0 aliphatic carbocycles. The molecule has 0 saturated carbocycles. The number of nitriles is 1. The fraction of sp³-hybridized carbons (Fsp3) is 0.250. The SMILES string of the molecule is COCOc1cc(Cl)ccc1-c1cc(-c2cccc(C(=O)NCCNC(=O)OC(C)(C)C)c2)c(C#N)c(NC(=O)c2ccccc2OC(F)(F)F)n1. The molecule has 0 fully saturated rings. The van der Waals surface area contributed by atoms with Crippen molar-refractivity contribution in [1.29, 1.82) is 5.26 Å². The van der Waals surface area contributed by atoms with Gasteiger partial charge in [-0.2, -0.15) is 5.26 Å². The smallest absolute Gasteiger partial charge is 0.467 e. The first kappa shape index (κ1) is 38.9. The van der Waals surface area contributed by atoms with Gasteiger partial charge in [0.25, 0.3) is 11.8 Å². The number of carbonyl (C=O) groups is 3. The first-order chi connectivity index (χ1) is 24.6. The summed E-state index contributed by atoms with van der Waals surface area (Å²) in [6.07, 6.45) is -5.73. The molecule has 1 aromatic heterocycles. The van der Waals surface area contributed by atoms with E-state index in [-0.39, 0.29) is 53.8 Å². The number of nitrogens with one attached hydrogen (secondary N) is 3. The monoisotopic (exact) mass is 739 g/mol. The molecule has 0 aliphatic heterocycles. The molecule has 1 heterocycles. The van der Waals surface area contributed by atoms with Crippen LogP contribution in [-0.2, 0) is 9.47 Å². The first-order valence-corrected chi connectivity index (χ1v) is 15.8. The molecule has 272 valence electrons. The number of ether oxygens (including phenoxy) is 4. The number of nitrogens with zero attached hydrogens (tertiary/aromatic N) is 2. The van der Waals surface area contributed by atoms with Crippen LogP contribution in [-0.4, -0.2) is 61.8 Å². The predicted molar refractivity (Wildman–Crippen MR) is 185 cm³/mol. The Balaban J connectivity index is 1.75. The number of benzene rings is 3. The molecule has 0 bridgehead atoms. The molecule has 3 amide bonds. The van der Waals surface area contributed by atoms with E-state index in [0.717, 1.165) is 12.1 Å². The van der Waals surface area contributed by atoms with Crippen molar-refractivity contribution in [3.05, 3.63) is 94.5 Å². The zero-order valence-electron chi connectivity index (χ0n) is 28.3. The minimum absolute atomic E-state index is 0.0711. The van der Waals surface area contributed by atoms with Crippen molar-refractivity contribution >= 4 is 35.3 Å². The molecule has 0 saturated heterocycles. The molecule has 4 rings (SSSR count). The Hall–Kier alpha value is -5.85. The third-order valence-corrected chi connectivity index (χ3v) is 7.02. The molecule has 0 spiro atoms. The van der Waals surface area contributed by atoms with Gasteiger partial charge in [-0.3, -0.25) is 9.59 Å². The van der Waals surface area contributed by atoms with Gasteiger partial charge in [-0.1, -0.05) is 35.9 Å². The number of hydrogen-bond acceptors (Lipinski definition) is 9. The second-order valence-electron chi connectivity index (χ2n) is 11.8. The number of halogens is 4. The maximum Gasteiger partial charge on any atom is 0.573 e. The Morgan fingerprint density at radius 2 is 1.62 bits per heavy atom. The van der Waals surface area contributed by atoms with Gasteiger partial charge in [-0.05, 0) is 74.9 Å². The first-order valence-electron chi connectivity index (χ1n) is 15.5. The zero-order chi connectivity index (χ0) is 38.1. The summed E-state index contributed by atoms with van der Waals surface area (Å²) in [5.74, 6) is -2.39. The van der Waals surface area contributed by atoms with E-state index in [1.54, 1.807) is 45.0 Å². The number of para-hydroxylation sites is 1. The molecule has 0 unspecified atom stereocenters. The van der Waals surface area contributed by atoms with E-state index < -0.39 is 41.2 Å². The highest BCUT2D eigenvalue weighted by Gasteiger charge is 2.33. The fourth-order valence-electron chi connectivity index (χ4n) is 4.69. The Kier molecular flexibility index (Phi) is 12.7. The van der Waals surface area contributed by atoms with Crippen LogP contribution >= 0.6 is 11.6 Å². The van der Waals surface area contributed by atoms with Crippen LogP contribution in [0.25, 0.3) is 22.4 Å². The largest absolute Gasteiger partial charge is 0.573 e. The van der Waals surface area contributed by atoms with Crippen molar-refractivity contribution in [2.75, 3.05) is 32.3 Å². The number of alkyl carbamates (subject to hydrolysis) is 1. The molecule has 4 aromatic rings. The summed E-state index contributed by atoms with van der Waals surface area (Å²) in [5.41, 5.74) is -0.0716. The van der Waals surface area contributed by atoms with Gasteiger partial charge < -0.3 is 34.9 Å². The number of methoxy groups -OCH3 is 1. The van der Waals surface area contributed by atoms with Gasteiger partial charge >= 0.3 is 12.5 Å². The summed E-state index contributed by atoms with van der Waals surface area (Å²) in [4.78, 5) is 43.0. The van der Waals surface area contributed by atoms with Crippen molar-refractivity contribution in [3.63, 3.8) is 0 Å². The molecule has 0 atom stereocenters. The molecule has 3 aromatic carbocycles. The molecular formula is C36H33ClF3N5O7. The molecular weight excluding hydrogens is 707 g/mol. The van der Waals surface area contributed by atoms with Crippen LogP contribution in [0.3, 0.4) is 0 Å². The van der Waals surface area contributed by atoms with Crippen LogP contribution in [0.2, 0.25) is 5.02 Å². The van der Waals surface area contributed by atoms with Gasteiger partial charge in [-0.25, -0.2) is 9.78 Å². The van der Waals surface area contributed by atoms with Gasteiger partial charge in [-0.15, -0.1) is 13.2 Å². The number of carbonyl (C=O) groups excluding carboxylic acids is 3. The lowest BCUT2D eigenvalue weighted by atomic mass is 9.96. The molecule has 52 heavy (non-hydrogen) atoms. The van der Waals surface area contributed by atoms with Gasteiger partial charge in [0.1, 0.15) is 28.7 Å². The van der Waals surface area contributed by atoms with Crippen LogP contribution in [0.4, 0.5) is 23.8 Å². The maximum atomic E-state index is 13.5. The third kappa shape index (κ3) is 10.8. The van der Waals surface area contributed by atoms with Crippen molar-refractivity contribution in [1.82, 2.24) is 15.6 Å². The van der Waals surface area contributed by atoms with E-state index in [0.29, 0.717) is 16.1 Å². The van der Waals surface area contributed by atoms with E-state index >= 15 is 0 Å². The number of amides is 3. The quantitative estimate of drug-likeness (QED) is 0.0998. The minimum Gasteiger partial charge on any atom is -0.467 e. The molecule has 0 radical (unpaired) electrons. The minimum atomic E-state index is -5.08. The summed E-state index contributed by atoms with van der Waals surface area (Å²) < 4.78 is 59.4. The number of hydrogen-bond donors (Lipinski definition) is 3. The Morgan fingerprint density at radius 1 is 0.885 bits per heavy atom. The molecule has 16 heteroatoms. The number of anilines is 1. The second kappa shape index (κ2) is 16.9. The summed E-state index contributed by atoms with van der Waals surface area (Å²) in [7, 11) is 1.41. The lowest BCUT2D eigenvalue weighted by molar-refractivity contribution is -0.274. The summed E-state index contributed by atoms with van der Waals surface area (Å²) in [6, 6.07) is 19.1. The van der Waals surface area contributed by atoms with Gasteiger partial charge in [0.05, 0.1) is 11.3 Å². The van der Waals surface area contributed by atoms with E-state index in [1.165, 1.54) is 43.5 Å². The highest BCUT2D eigenvalue weighted by Crippen LogP contribution is 2.38. The average Bonchev–Trinajstić information content (AvgIpc) is 3.07. The average molecular weight is 740 g/mol. The highest BCUT2D eigenvalue weighted by atomic mass is 35.5. The van der Waals surface area contributed by atoms with Gasteiger partial charge in [0, 0.05) is 41.9 Å². The van der Waals surface area contributed by atoms with Gasteiger partial charge in [0.2, 0.25) is 0 Å². The van der Waals surface area contributed by atoms with Crippen LogP contribution in [0, 0.1) is 11.3 Å². The van der Waals surface area contributed by atoms with Crippen LogP contribution < -0.4 is 25.4 Å². The molecule has 12 nitrogen and oxygen atoms in total. The number of rotatable bonds is 12. The van der Waals surface area contributed by atoms with Crippen LogP contribution in [0.15, 0.2) is 72.8 Å². The molecule has 3 N–H and O–H groups in total. The topological polar surface area (TPSA) is 161 Å². The fourth-order valence-corrected chi connectivity index (χ4v) is 4.85.